The number of fused-ring (bicyclic) bond motifs is 11. The molecule has 0 saturated heterocycles. The van der Waals surface area contributed by atoms with Crippen LogP contribution in [0.25, 0.3) is 127 Å². The van der Waals surface area contributed by atoms with Crippen LogP contribution in [0.5, 0.6) is 0 Å². The molecule has 0 unspecified atom stereocenters. The van der Waals surface area contributed by atoms with E-state index in [4.69, 9.17) is 19.4 Å². The average Bonchev–Trinajstić information content (AvgIpc) is 3.89. The molecule has 0 atom stereocenters. The number of furan rings is 1. The number of benzene rings is 10. The predicted octanol–water partition coefficient (Wildman–Crippen LogP) is 15.0. The molecule has 0 aliphatic rings. The average molecular weight is 791 g/mol. The van der Waals surface area contributed by atoms with E-state index in [1.54, 1.807) is 0 Å². The van der Waals surface area contributed by atoms with Crippen LogP contribution in [0.1, 0.15) is 0 Å². The molecular formula is C57H34N4O. The van der Waals surface area contributed by atoms with E-state index in [0.717, 1.165) is 66.2 Å². The fourth-order valence-electron chi connectivity index (χ4n) is 9.49. The molecule has 0 amide bonds. The van der Waals surface area contributed by atoms with Gasteiger partial charge in [0, 0.05) is 49.3 Å². The van der Waals surface area contributed by atoms with Crippen molar-refractivity contribution in [1.82, 2.24) is 19.5 Å². The van der Waals surface area contributed by atoms with Crippen LogP contribution in [0.2, 0.25) is 0 Å². The van der Waals surface area contributed by atoms with Gasteiger partial charge >= 0.3 is 0 Å². The Balaban J connectivity index is 0.972. The lowest BCUT2D eigenvalue weighted by Gasteiger charge is -2.12. The van der Waals surface area contributed by atoms with E-state index in [9.17, 15) is 0 Å². The van der Waals surface area contributed by atoms with E-state index in [-0.39, 0.29) is 0 Å². The summed E-state index contributed by atoms with van der Waals surface area (Å²) in [6.07, 6.45) is 0. The molecule has 288 valence electrons. The minimum absolute atomic E-state index is 0.583. The van der Waals surface area contributed by atoms with Gasteiger partial charge in [-0.25, -0.2) is 15.0 Å². The third-order valence-electron chi connectivity index (χ3n) is 12.4. The van der Waals surface area contributed by atoms with Gasteiger partial charge in [0.1, 0.15) is 11.2 Å². The highest BCUT2D eigenvalue weighted by Crippen LogP contribution is 2.41. The Morgan fingerprint density at radius 3 is 1.79 bits per heavy atom. The van der Waals surface area contributed by atoms with Crippen LogP contribution >= 0.6 is 0 Å². The van der Waals surface area contributed by atoms with E-state index >= 15 is 0 Å². The molecular weight excluding hydrogens is 757 g/mol. The first-order valence-electron chi connectivity index (χ1n) is 20.9. The monoisotopic (exact) mass is 790 g/mol. The van der Waals surface area contributed by atoms with Crippen LogP contribution in [0, 0.1) is 0 Å². The summed E-state index contributed by atoms with van der Waals surface area (Å²) in [5.41, 5.74) is 10.0. The normalized spacial score (nSPS) is 11.9. The standard InChI is InChI=1S/C57H34N4O/c1-3-13-35(14-4-1)43-20-11-12-22-47(43)57-59-55(37-16-5-2-6-17-37)58-56(60-57)41-24-28-48-52(34-41)62-51-30-25-40-31-42(26-29-44(40)53(48)51)61-50-33-39-19-8-7-18-38(39)32-49(50)46-27-23-36-15-9-10-21-45(36)54(46)61/h1-34H. The first-order chi connectivity index (χ1) is 30.7. The second-order valence-electron chi connectivity index (χ2n) is 16.0. The summed E-state index contributed by atoms with van der Waals surface area (Å²) in [7, 11) is 0. The Bertz CT molecular complexity index is 3920. The van der Waals surface area contributed by atoms with E-state index < -0.39 is 0 Å². The van der Waals surface area contributed by atoms with Gasteiger partial charge in [-0.2, -0.15) is 0 Å². The van der Waals surface area contributed by atoms with Gasteiger partial charge in [0.2, 0.25) is 0 Å². The number of hydrogen-bond donors (Lipinski definition) is 0. The maximum absolute atomic E-state index is 6.66. The molecule has 5 nitrogen and oxygen atoms in total. The van der Waals surface area contributed by atoms with Crippen LogP contribution in [0.3, 0.4) is 0 Å². The second kappa shape index (κ2) is 13.6. The third-order valence-corrected chi connectivity index (χ3v) is 12.4. The lowest BCUT2D eigenvalue weighted by atomic mass is 9.99. The summed E-state index contributed by atoms with van der Waals surface area (Å²) in [6.45, 7) is 0. The van der Waals surface area contributed by atoms with Crippen molar-refractivity contribution in [2.24, 2.45) is 0 Å². The molecule has 0 saturated carbocycles. The highest BCUT2D eigenvalue weighted by Gasteiger charge is 2.20. The van der Waals surface area contributed by atoms with Crippen molar-refractivity contribution in [3.63, 3.8) is 0 Å². The molecule has 13 aromatic rings. The van der Waals surface area contributed by atoms with Crippen molar-refractivity contribution in [1.29, 1.82) is 0 Å². The molecule has 3 heterocycles. The Morgan fingerprint density at radius 2 is 0.968 bits per heavy atom. The zero-order valence-electron chi connectivity index (χ0n) is 33.3. The van der Waals surface area contributed by atoms with Crippen LogP contribution in [-0.4, -0.2) is 19.5 Å². The molecule has 62 heavy (non-hydrogen) atoms. The molecule has 0 spiro atoms. The predicted molar refractivity (Wildman–Crippen MR) is 256 cm³/mol. The lowest BCUT2D eigenvalue weighted by molar-refractivity contribution is 0.669. The topological polar surface area (TPSA) is 56.7 Å². The molecule has 0 fully saturated rings. The Kier molecular flexibility index (Phi) is 7.54. The second-order valence-corrected chi connectivity index (χ2v) is 16.0. The highest BCUT2D eigenvalue weighted by atomic mass is 16.3. The summed E-state index contributed by atoms with van der Waals surface area (Å²) < 4.78 is 9.11. The van der Waals surface area contributed by atoms with Crippen LogP contribution in [0.15, 0.2) is 211 Å². The van der Waals surface area contributed by atoms with Crippen LogP contribution < -0.4 is 0 Å². The van der Waals surface area contributed by atoms with Crippen LogP contribution in [-0.2, 0) is 0 Å². The zero-order chi connectivity index (χ0) is 40.7. The molecule has 0 N–H and O–H groups in total. The van der Waals surface area contributed by atoms with Crippen molar-refractivity contribution in [2.75, 3.05) is 0 Å². The highest BCUT2D eigenvalue weighted by molar-refractivity contribution is 6.22. The summed E-state index contributed by atoms with van der Waals surface area (Å²) >= 11 is 0. The largest absolute Gasteiger partial charge is 0.456 e. The fraction of sp³-hybridized carbons (Fsp3) is 0. The first kappa shape index (κ1) is 34.5. The molecule has 10 aromatic carbocycles. The molecule has 0 aliphatic heterocycles. The van der Waals surface area contributed by atoms with E-state index in [2.05, 4.69) is 168 Å². The molecule has 3 aromatic heterocycles. The van der Waals surface area contributed by atoms with E-state index in [1.807, 2.05) is 42.5 Å². The van der Waals surface area contributed by atoms with Gasteiger partial charge in [0.15, 0.2) is 17.5 Å². The van der Waals surface area contributed by atoms with Crippen molar-refractivity contribution >= 4 is 76.1 Å². The van der Waals surface area contributed by atoms with Gasteiger partial charge in [0.05, 0.1) is 11.0 Å². The van der Waals surface area contributed by atoms with Gasteiger partial charge in [-0.15, -0.1) is 0 Å². The lowest BCUT2D eigenvalue weighted by Crippen LogP contribution is -2.01. The number of nitrogens with zero attached hydrogens (tertiary/aromatic N) is 4. The number of hydrogen-bond acceptors (Lipinski definition) is 4. The molecule has 0 bridgehead atoms. The Hall–Kier alpha value is -8.41. The van der Waals surface area contributed by atoms with Crippen molar-refractivity contribution < 1.29 is 4.42 Å². The van der Waals surface area contributed by atoms with Crippen molar-refractivity contribution in [3.8, 4) is 51.0 Å². The minimum Gasteiger partial charge on any atom is -0.456 e. The fourth-order valence-corrected chi connectivity index (χ4v) is 9.49. The van der Waals surface area contributed by atoms with Gasteiger partial charge in [-0.1, -0.05) is 164 Å². The smallest absolute Gasteiger partial charge is 0.164 e. The summed E-state index contributed by atoms with van der Waals surface area (Å²) in [5.74, 6) is 1.81. The summed E-state index contributed by atoms with van der Waals surface area (Å²) in [6, 6.07) is 72.8. The van der Waals surface area contributed by atoms with E-state index in [1.165, 1.54) is 43.4 Å². The summed E-state index contributed by atoms with van der Waals surface area (Å²) in [5, 5.41) is 11.8. The van der Waals surface area contributed by atoms with Gasteiger partial charge in [-0.3, -0.25) is 0 Å². The maximum Gasteiger partial charge on any atom is 0.164 e. The Morgan fingerprint density at radius 1 is 0.339 bits per heavy atom. The zero-order valence-corrected chi connectivity index (χ0v) is 33.3. The molecule has 13 rings (SSSR count). The van der Waals surface area contributed by atoms with Crippen molar-refractivity contribution in [2.45, 2.75) is 0 Å². The molecule has 0 radical (unpaired) electrons. The summed E-state index contributed by atoms with van der Waals surface area (Å²) in [4.78, 5) is 15.3. The van der Waals surface area contributed by atoms with Gasteiger partial charge < -0.3 is 8.98 Å². The minimum atomic E-state index is 0.583. The Labute approximate surface area is 355 Å². The number of rotatable bonds is 5. The first-order valence-corrected chi connectivity index (χ1v) is 20.9. The van der Waals surface area contributed by atoms with Crippen LogP contribution in [0.4, 0.5) is 0 Å². The quantitative estimate of drug-likeness (QED) is 0.174. The maximum atomic E-state index is 6.66. The number of aromatic nitrogens is 4. The van der Waals surface area contributed by atoms with Crippen molar-refractivity contribution in [3.05, 3.63) is 206 Å². The van der Waals surface area contributed by atoms with Gasteiger partial charge in [0.25, 0.3) is 0 Å². The third kappa shape index (κ3) is 5.38. The molecule has 5 heteroatoms. The SMILES string of the molecule is c1ccc(-c2nc(-c3ccc4c(c3)oc3ccc5cc(-n6c7cc8ccccc8cc7c7ccc8ccccc8c76)ccc5c34)nc(-c3ccccc3-c3ccccc3)n2)cc1. The van der Waals surface area contributed by atoms with Gasteiger partial charge in [-0.05, 0) is 80.5 Å². The van der Waals surface area contributed by atoms with E-state index in [0.29, 0.717) is 17.5 Å². The molecule has 0 aliphatic carbocycles.